The van der Waals surface area contributed by atoms with Crippen molar-refractivity contribution in [3.05, 3.63) is 35.4 Å². The highest BCUT2D eigenvalue weighted by molar-refractivity contribution is 5.22. The second-order valence-electron chi connectivity index (χ2n) is 3.88. The van der Waals surface area contributed by atoms with E-state index in [0.29, 0.717) is 6.61 Å². The fourth-order valence-electron chi connectivity index (χ4n) is 1.66. The van der Waals surface area contributed by atoms with Gasteiger partial charge in [-0.15, -0.1) is 0 Å². The number of aryl methyl sites for hydroxylation is 2. The summed E-state index contributed by atoms with van der Waals surface area (Å²) in [5.41, 5.74) is 2.78. The predicted molar refractivity (Wildman–Crippen MR) is 71.8 cm³/mol. The molecule has 1 rings (SSSR count). The lowest BCUT2D eigenvalue weighted by atomic mass is 10.0. The molecule has 1 nitrogen and oxygen atoms in total. The van der Waals surface area contributed by atoms with E-state index >= 15 is 0 Å². The fraction of sp³-hybridized carbons (Fsp3) is 0.600. The first-order valence-electron chi connectivity index (χ1n) is 6.49. The third-order valence-electron chi connectivity index (χ3n) is 2.46. The average molecular weight is 222 g/mol. The summed E-state index contributed by atoms with van der Waals surface area (Å²) in [5, 5.41) is 8.62. The molecule has 1 N–H and O–H groups in total. The van der Waals surface area contributed by atoms with Crippen molar-refractivity contribution in [2.24, 2.45) is 0 Å². The van der Waals surface area contributed by atoms with E-state index in [-0.39, 0.29) is 0 Å². The lowest BCUT2D eigenvalue weighted by Gasteiger charge is -2.02. The van der Waals surface area contributed by atoms with Crippen molar-refractivity contribution < 1.29 is 5.11 Å². The van der Waals surface area contributed by atoms with Crippen LogP contribution in [0.4, 0.5) is 0 Å². The standard InChI is InChI=1S/C13H20O.C2H6/c1-12-7-6-9-13(11-12)8-4-2-3-5-10-14;1-2/h6-7,9,11,14H,2-5,8,10H2,1H3;1-2H3. The van der Waals surface area contributed by atoms with Gasteiger partial charge in [-0.25, -0.2) is 0 Å². The van der Waals surface area contributed by atoms with Gasteiger partial charge in [-0.1, -0.05) is 56.5 Å². The molecule has 0 amide bonds. The van der Waals surface area contributed by atoms with Crippen LogP contribution in [-0.4, -0.2) is 11.7 Å². The number of aliphatic hydroxyl groups excluding tert-OH is 1. The maximum absolute atomic E-state index is 8.62. The summed E-state index contributed by atoms with van der Waals surface area (Å²) in [5.74, 6) is 0. The highest BCUT2D eigenvalue weighted by atomic mass is 16.2. The molecule has 0 unspecified atom stereocenters. The molecule has 0 atom stereocenters. The summed E-state index contributed by atoms with van der Waals surface area (Å²) in [6.45, 7) is 6.47. The Labute approximate surface area is 101 Å². The van der Waals surface area contributed by atoms with E-state index in [4.69, 9.17) is 5.11 Å². The Kier molecular flexibility index (Phi) is 10.1. The van der Waals surface area contributed by atoms with Crippen LogP contribution in [0.25, 0.3) is 0 Å². The molecule has 1 aromatic rings. The molecule has 92 valence electrons. The van der Waals surface area contributed by atoms with E-state index in [0.717, 1.165) is 12.8 Å². The van der Waals surface area contributed by atoms with Crippen molar-refractivity contribution in [1.82, 2.24) is 0 Å². The molecular weight excluding hydrogens is 196 g/mol. The smallest absolute Gasteiger partial charge is 0.0431 e. The summed E-state index contributed by atoms with van der Waals surface area (Å²) in [4.78, 5) is 0. The summed E-state index contributed by atoms with van der Waals surface area (Å²) in [6.07, 6.45) is 5.75. The normalized spacial score (nSPS) is 9.50. The van der Waals surface area contributed by atoms with Crippen molar-refractivity contribution >= 4 is 0 Å². The number of aliphatic hydroxyl groups is 1. The van der Waals surface area contributed by atoms with Gasteiger partial charge in [-0.3, -0.25) is 0 Å². The van der Waals surface area contributed by atoms with Crippen molar-refractivity contribution in [3.63, 3.8) is 0 Å². The van der Waals surface area contributed by atoms with E-state index in [9.17, 15) is 0 Å². The lowest BCUT2D eigenvalue weighted by Crippen LogP contribution is -1.88. The molecule has 0 aliphatic heterocycles. The van der Waals surface area contributed by atoms with Crippen LogP contribution in [0, 0.1) is 6.92 Å². The number of hydrogen-bond donors (Lipinski definition) is 1. The monoisotopic (exact) mass is 222 g/mol. The Morgan fingerprint density at radius 2 is 1.69 bits per heavy atom. The van der Waals surface area contributed by atoms with Crippen LogP contribution in [0.15, 0.2) is 24.3 Å². The largest absolute Gasteiger partial charge is 0.396 e. The molecule has 0 saturated carbocycles. The van der Waals surface area contributed by atoms with Crippen molar-refractivity contribution in [1.29, 1.82) is 0 Å². The molecular formula is C15H26O. The summed E-state index contributed by atoms with van der Waals surface area (Å²) in [7, 11) is 0. The van der Waals surface area contributed by atoms with Crippen LogP contribution in [0.3, 0.4) is 0 Å². The van der Waals surface area contributed by atoms with Gasteiger partial charge in [-0.05, 0) is 31.7 Å². The van der Waals surface area contributed by atoms with Crippen molar-refractivity contribution in [2.45, 2.75) is 52.9 Å². The molecule has 0 aromatic heterocycles. The van der Waals surface area contributed by atoms with Crippen LogP contribution in [0.1, 0.15) is 50.7 Å². The molecule has 16 heavy (non-hydrogen) atoms. The molecule has 0 heterocycles. The first-order valence-corrected chi connectivity index (χ1v) is 6.49. The quantitative estimate of drug-likeness (QED) is 0.718. The maximum atomic E-state index is 8.62. The molecule has 0 aliphatic carbocycles. The van der Waals surface area contributed by atoms with Gasteiger partial charge in [0.15, 0.2) is 0 Å². The molecule has 0 bridgehead atoms. The Morgan fingerprint density at radius 3 is 2.31 bits per heavy atom. The third kappa shape index (κ3) is 7.47. The Bertz CT molecular complexity index is 255. The van der Waals surface area contributed by atoms with Crippen LogP contribution in [0.2, 0.25) is 0 Å². The predicted octanol–water partition coefficient (Wildman–Crippen LogP) is 4.12. The van der Waals surface area contributed by atoms with Gasteiger partial charge in [0.1, 0.15) is 0 Å². The Balaban J connectivity index is 0.00000106. The SMILES string of the molecule is CC.Cc1cccc(CCCCCCO)c1. The van der Waals surface area contributed by atoms with E-state index < -0.39 is 0 Å². The van der Waals surface area contributed by atoms with Crippen LogP contribution in [-0.2, 0) is 6.42 Å². The van der Waals surface area contributed by atoms with Crippen molar-refractivity contribution in [3.8, 4) is 0 Å². The first-order chi connectivity index (χ1) is 7.83. The molecule has 1 heteroatoms. The Hall–Kier alpha value is -0.820. The van der Waals surface area contributed by atoms with Gasteiger partial charge < -0.3 is 5.11 Å². The van der Waals surface area contributed by atoms with E-state index in [2.05, 4.69) is 31.2 Å². The maximum Gasteiger partial charge on any atom is 0.0431 e. The van der Waals surface area contributed by atoms with Crippen LogP contribution >= 0.6 is 0 Å². The molecule has 0 aliphatic rings. The highest BCUT2D eigenvalue weighted by Crippen LogP contribution is 2.09. The van der Waals surface area contributed by atoms with Crippen molar-refractivity contribution in [2.75, 3.05) is 6.61 Å². The minimum atomic E-state index is 0.338. The number of unbranched alkanes of at least 4 members (excludes halogenated alkanes) is 3. The number of hydrogen-bond acceptors (Lipinski definition) is 1. The number of benzene rings is 1. The van der Waals surface area contributed by atoms with Gasteiger partial charge in [0.2, 0.25) is 0 Å². The zero-order valence-corrected chi connectivity index (χ0v) is 11.0. The molecule has 1 aromatic carbocycles. The topological polar surface area (TPSA) is 20.2 Å². The molecule has 0 spiro atoms. The van der Waals surface area contributed by atoms with E-state index in [1.807, 2.05) is 13.8 Å². The summed E-state index contributed by atoms with van der Waals surface area (Å²) >= 11 is 0. The summed E-state index contributed by atoms with van der Waals surface area (Å²) in [6, 6.07) is 8.71. The van der Waals surface area contributed by atoms with Gasteiger partial charge in [0.25, 0.3) is 0 Å². The number of rotatable bonds is 6. The molecule has 0 saturated heterocycles. The highest BCUT2D eigenvalue weighted by Gasteiger charge is 1.93. The zero-order valence-electron chi connectivity index (χ0n) is 11.0. The van der Waals surface area contributed by atoms with E-state index in [1.165, 1.54) is 30.4 Å². The Morgan fingerprint density at radius 1 is 1.00 bits per heavy atom. The van der Waals surface area contributed by atoms with Gasteiger partial charge in [-0.2, -0.15) is 0 Å². The average Bonchev–Trinajstić information content (AvgIpc) is 2.32. The second kappa shape index (κ2) is 10.7. The minimum absolute atomic E-state index is 0.338. The third-order valence-corrected chi connectivity index (χ3v) is 2.46. The van der Waals surface area contributed by atoms with E-state index in [1.54, 1.807) is 0 Å². The van der Waals surface area contributed by atoms with Gasteiger partial charge in [0.05, 0.1) is 0 Å². The molecule has 0 fully saturated rings. The van der Waals surface area contributed by atoms with Crippen LogP contribution in [0.5, 0.6) is 0 Å². The summed E-state index contributed by atoms with van der Waals surface area (Å²) < 4.78 is 0. The minimum Gasteiger partial charge on any atom is -0.396 e. The first kappa shape index (κ1) is 15.2. The second-order valence-corrected chi connectivity index (χ2v) is 3.88. The lowest BCUT2D eigenvalue weighted by molar-refractivity contribution is 0.282. The van der Waals surface area contributed by atoms with Gasteiger partial charge >= 0.3 is 0 Å². The van der Waals surface area contributed by atoms with Crippen LogP contribution < -0.4 is 0 Å². The van der Waals surface area contributed by atoms with Gasteiger partial charge in [0, 0.05) is 6.61 Å². The fourth-order valence-corrected chi connectivity index (χ4v) is 1.66. The molecule has 0 radical (unpaired) electrons. The zero-order chi connectivity index (χ0) is 12.2.